The first kappa shape index (κ1) is 21.8. The molecule has 30 heavy (non-hydrogen) atoms. The molecule has 1 atom stereocenters. The van der Waals surface area contributed by atoms with Crippen molar-refractivity contribution >= 4 is 17.8 Å². The Morgan fingerprint density at radius 1 is 1.17 bits per heavy atom. The number of nitrogens with zero attached hydrogens (tertiary/aromatic N) is 2. The molecule has 0 bridgehead atoms. The molecule has 1 unspecified atom stereocenters. The third-order valence-corrected chi connectivity index (χ3v) is 6.20. The monoisotopic (exact) mass is 410 g/mol. The Labute approximate surface area is 177 Å². The van der Waals surface area contributed by atoms with Crippen molar-refractivity contribution in [1.29, 1.82) is 5.26 Å². The number of unbranched alkanes of at least 4 members (excludes halogenated alkanes) is 1. The van der Waals surface area contributed by atoms with Gasteiger partial charge in [-0.05, 0) is 24.8 Å². The highest BCUT2D eigenvalue weighted by atomic mass is 16.2. The molecule has 1 aromatic carbocycles. The number of amides is 4. The average Bonchev–Trinajstić information content (AvgIpc) is 2.91. The topological polar surface area (TPSA) is 102 Å². The molecule has 1 saturated heterocycles. The minimum Gasteiger partial charge on any atom is -0.336 e. The van der Waals surface area contributed by atoms with Gasteiger partial charge >= 0.3 is 6.03 Å². The van der Waals surface area contributed by atoms with Crippen LogP contribution in [-0.4, -0.2) is 34.8 Å². The molecule has 4 amide bonds. The largest absolute Gasteiger partial charge is 0.336 e. The maximum absolute atomic E-state index is 13.4. The second kappa shape index (κ2) is 9.29. The minimum absolute atomic E-state index is 0.380. The Balaban J connectivity index is 1.78. The van der Waals surface area contributed by atoms with Crippen molar-refractivity contribution in [3.05, 3.63) is 35.9 Å². The molecular weight excluding hydrogens is 380 g/mol. The van der Waals surface area contributed by atoms with E-state index in [1.807, 2.05) is 37.3 Å². The van der Waals surface area contributed by atoms with Crippen LogP contribution in [0.15, 0.2) is 30.3 Å². The highest BCUT2D eigenvalue weighted by Crippen LogP contribution is 2.34. The van der Waals surface area contributed by atoms with Gasteiger partial charge in [0.05, 0.1) is 6.07 Å². The average molecular weight is 411 g/mol. The van der Waals surface area contributed by atoms with Gasteiger partial charge < -0.3 is 10.6 Å². The summed E-state index contributed by atoms with van der Waals surface area (Å²) in [5.74, 6) is -0.879. The van der Waals surface area contributed by atoms with Crippen LogP contribution in [-0.2, 0) is 15.1 Å². The van der Waals surface area contributed by atoms with Crippen LogP contribution >= 0.6 is 0 Å². The molecular formula is C23H30N4O3. The summed E-state index contributed by atoms with van der Waals surface area (Å²) in [4.78, 5) is 39.8. The zero-order valence-electron chi connectivity index (χ0n) is 17.6. The molecule has 7 nitrogen and oxygen atoms in total. The van der Waals surface area contributed by atoms with Crippen molar-refractivity contribution in [3.8, 4) is 6.07 Å². The van der Waals surface area contributed by atoms with Crippen molar-refractivity contribution in [2.75, 3.05) is 6.54 Å². The van der Waals surface area contributed by atoms with E-state index in [0.29, 0.717) is 19.3 Å². The quantitative estimate of drug-likeness (QED) is 0.531. The zero-order valence-corrected chi connectivity index (χ0v) is 17.6. The van der Waals surface area contributed by atoms with Crippen LogP contribution < -0.4 is 10.6 Å². The van der Waals surface area contributed by atoms with Crippen LogP contribution in [0.2, 0.25) is 0 Å². The molecule has 0 aromatic heterocycles. The number of benzene rings is 1. The van der Waals surface area contributed by atoms with Gasteiger partial charge in [0, 0.05) is 0 Å². The van der Waals surface area contributed by atoms with Crippen molar-refractivity contribution < 1.29 is 14.4 Å². The van der Waals surface area contributed by atoms with Crippen LogP contribution in [0.4, 0.5) is 4.79 Å². The van der Waals surface area contributed by atoms with E-state index >= 15 is 0 Å². The maximum Gasteiger partial charge on any atom is 0.325 e. The van der Waals surface area contributed by atoms with Gasteiger partial charge in [-0.2, -0.15) is 5.26 Å². The van der Waals surface area contributed by atoms with Gasteiger partial charge in [0.1, 0.15) is 17.6 Å². The number of hydrogen-bond acceptors (Lipinski definition) is 4. The normalized spacial score (nSPS) is 23.4. The lowest BCUT2D eigenvalue weighted by molar-refractivity contribution is -0.136. The van der Waals surface area contributed by atoms with Gasteiger partial charge in [0.2, 0.25) is 5.91 Å². The van der Waals surface area contributed by atoms with E-state index < -0.39 is 28.9 Å². The van der Waals surface area contributed by atoms with Crippen molar-refractivity contribution in [3.63, 3.8) is 0 Å². The van der Waals surface area contributed by atoms with E-state index in [2.05, 4.69) is 16.7 Å². The second-order valence-electron chi connectivity index (χ2n) is 8.35. The van der Waals surface area contributed by atoms with Gasteiger partial charge in [-0.15, -0.1) is 0 Å². The first-order valence-corrected chi connectivity index (χ1v) is 10.9. The molecule has 1 saturated carbocycles. The van der Waals surface area contributed by atoms with E-state index in [-0.39, 0.29) is 6.54 Å². The molecule has 2 N–H and O–H groups in total. The van der Waals surface area contributed by atoms with Crippen molar-refractivity contribution in [1.82, 2.24) is 15.5 Å². The molecule has 1 aliphatic heterocycles. The summed E-state index contributed by atoms with van der Waals surface area (Å²) in [5.41, 5.74) is -1.34. The molecule has 1 aromatic rings. The number of carbonyl (C=O) groups excluding carboxylic acids is 3. The molecule has 2 fully saturated rings. The lowest BCUT2D eigenvalue weighted by Crippen LogP contribution is -2.51. The van der Waals surface area contributed by atoms with Gasteiger partial charge in [-0.1, -0.05) is 75.8 Å². The predicted octanol–water partition coefficient (Wildman–Crippen LogP) is 3.36. The van der Waals surface area contributed by atoms with E-state index in [0.717, 1.165) is 49.0 Å². The van der Waals surface area contributed by atoms with Gasteiger partial charge in [0.25, 0.3) is 5.91 Å². The van der Waals surface area contributed by atoms with Crippen LogP contribution in [0.3, 0.4) is 0 Å². The fraction of sp³-hybridized carbons (Fsp3) is 0.565. The Bertz CT molecular complexity index is 825. The summed E-state index contributed by atoms with van der Waals surface area (Å²) >= 11 is 0. The number of nitrogens with one attached hydrogen (secondary N) is 2. The zero-order chi connectivity index (χ0) is 21.6. The Morgan fingerprint density at radius 3 is 2.43 bits per heavy atom. The van der Waals surface area contributed by atoms with Crippen LogP contribution in [0.25, 0.3) is 0 Å². The number of rotatable bonds is 7. The third-order valence-electron chi connectivity index (χ3n) is 6.20. The Kier molecular flexibility index (Phi) is 6.76. The summed E-state index contributed by atoms with van der Waals surface area (Å²) < 4.78 is 0. The fourth-order valence-electron chi connectivity index (χ4n) is 4.49. The molecule has 0 radical (unpaired) electrons. The molecule has 1 aliphatic carbocycles. The van der Waals surface area contributed by atoms with Gasteiger partial charge in [0.15, 0.2) is 0 Å². The van der Waals surface area contributed by atoms with Crippen molar-refractivity contribution in [2.45, 2.75) is 75.8 Å². The highest BCUT2D eigenvalue weighted by molar-refractivity contribution is 6.09. The van der Waals surface area contributed by atoms with E-state index in [4.69, 9.17) is 0 Å². The van der Waals surface area contributed by atoms with Crippen LogP contribution in [0, 0.1) is 11.3 Å². The maximum atomic E-state index is 13.4. The molecule has 2 aliphatic rings. The number of nitriles is 1. The van der Waals surface area contributed by atoms with Crippen LogP contribution in [0.1, 0.15) is 70.3 Å². The SMILES string of the molecule is CCCCC1(c2ccccc2)NC(=O)N(CC(=O)NC2(C#N)CCCCCC2)C1=O. The predicted molar refractivity (Wildman–Crippen MR) is 112 cm³/mol. The second-order valence-corrected chi connectivity index (χ2v) is 8.35. The number of carbonyl (C=O) groups is 3. The summed E-state index contributed by atoms with van der Waals surface area (Å²) in [6, 6.07) is 10.9. The standard InChI is InChI=1S/C23H30N4O3/c1-2-3-15-23(18-11-7-6-8-12-18)20(29)27(21(30)26-23)16-19(28)25-22(17-24)13-9-4-5-10-14-22/h6-8,11-12H,2-5,9-10,13-16H2,1H3,(H,25,28)(H,26,30). The summed E-state index contributed by atoms with van der Waals surface area (Å²) in [6.07, 6.45) is 7.16. The fourth-order valence-corrected chi connectivity index (χ4v) is 4.49. The van der Waals surface area contributed by atoms with Gasteiger partial charge in [-0.3, -0.25) is 14.5 Å². The van der Waals surface area contributed by atoms with Crippen LogP contribution in [0.5, 0.6) is 0 Å². The summed E-state index contributed by atoms with van der Waals surface area (Å²) in [7, 11) is 0. The molecule has 160 valence electrons. The van der Waals surface area contributed by atoms with E-state index in [1.54, 1.807) is 0 Å². The number of imide groups is 1. The Hall–Kier alpha value is -2.88. The first-order chi connectivity index (χ1) is 14.5. The summed E-state index contributed by atoms with van der Waals surface area (Å²) in [6.45, 7) is 1.65. The van der Waals surface area contributed by atoms with E-state index in [1.165, 1.54) is 0 Å². The minimum atomic E-state index is -1.15. The smallest absolute Gasteiger partial charge is 0.325 e. The van der Waals surface area contributed by atoms with Gasteiger partial charge in [-0.25, -0.2) is 4.79 Å². The van der Waals surface area contributed by atoms with E-state index in [9.17, 15) is 19.6 Å². The molecule has 1 heterocycles. The number of hydrogen-bond donors (Lipinski definition) is 2. The highest BCUT2D eigenvalue weighted by Gasteiger charge is 2.52. The summed E-state index contributed by atoms with van der Waals surface area (Å²) in [5, 5.41) is 15.4. The molecule has 3 rings (SSSR count). The molecule has 0 spiro atoms. The third kappa shape index (κ3) is 4.33. The lowest BCUT2D eigenvalue weighted by Gasteiger charge is -2.28. The Morgan fingerprint density at radius 2 is 1.83 bits per heavy atom. The number of urea groups is 1. The lowest BCUT2D eigenvalue weighted by atomic mass is 9.85. The van der Waals surface area contributed by atoms with Crippen molar-refractivity contribution in [2.24, 2.45) is 0 Å². The molecule has 7 heteroatoms. The first-order valence-electron chi connectivity index (χ1n) is 10.9.